The number of hydrogen-bond acceptors (Lipinski definition) is 5. The Bertz CT molecular complexity index is 726. The fraction of sp³-hybridized carbons (Fsp3) is 0.526. The Morgan fingerprint density at radius 2 is 1.81 bits per heavy atom. The first-order chi connectivity index (χ1) is 11.5. The monoisotopic (exact) mass is 401 g/mol. The highest BCUT2D eigenvalue weighted by Gasteiger charge is 2.20. The molecule has 2 N–H and O–H groups in total. The molecule has 0 aliphatic carbocycles. The number of likely N-dealkylation sites (tertiary alicyclic amines) is 1. The van der Waals surface area contributed by atoms with Crippen molar-refractivity contribution in [2.24, 2.45) is 5.73 Å². The van der Waals surface area contributed by atoms with E-state index in [1.54, 1.807) is 7.11 Å². The Morgan fingerprint density at radius 3 is 2.42 bits per heavy atom. The van der Waals surface area contributed by atoms with Gasteiger partial charge >= 0.3 is 0 Å². The van der Waals surface area contributed by atoms with Crippen LogP contribution in [-0.2, 0) is 6.54 Å². The smallest absolute Gasteiger partial charge is 0.226 e. The number of aromatic nitrogens is 1. The standard InChI is InChI=1S/C19H27N3O2.2ClH/c1-12-10-18(23-4)13(2)9-16(12)19-21-17(14(3)24-19)11-22-7-5-15(20)6-8-22;;/h9-10,15H,5-8,11,20H2,1-4H3;2*1H. The van der Waals surface area contributed by atoms with Crippen molar-refractivity contribution in [3.8, 4) is 17.2 Å². The van der Waals surface area contributed by atoms with Gasteiger partial charge in [-0.25, -0.2) is 4.98 Å². The van der Waals surface area contributed by atoms with Crippen molar-refractivity contribution in [3.05, 3.63) is 34.7 Å². The Labute approximate surface area is 168 Å². The lowest BCUT2D eigenvalue weighted by atomic mass is 10.0. The second kappa shape index (κ2) is 9.60. The predicted octanol–water partition coefficient (Wildman–Crippen LogP) is 4.04. The van der Waals surface area contributed by atoms with E-state index >= 15 is 0 Å². The van der Waals surface area contributed by atoms with Crippen LogP contribution in [0.15, 0.2) is 16.5 Å². The van der Waals surface area contributed by atoms with Gasteiger partial charge in [-0.05, 0) is 56.9 Å². The second-order valence-electron chi connectivity index (χ2n) is 6.77. The highest BCUT2D eigenvalue weighted by molar-refractivity contribution is 5.85. The number of methoxy groups -OCH3 is 1. The molecule has 0 atom stereocenters. The molecule has 2 heterocycles. The van der Waals surface area contributed by atoms with Gasteiger partial charge in [0.15, 0.2) is 0 Å². The third-order valence-corrected chi connectivity index (χ3v) is 4.87. The fourth-order valence-electron chi connectivity index (χ4n) is 3.25. The molecule has 2 aromatic rings. The molecule has 1 aromatic carbocycles. The van der Waals surface area contributed by atoms with Gasteiger partial charge in [0.05, 0.1) is 12.8 Å². The number of aryl methyl sites for hydroxylation is 3. The average Bonchev–Trinajstić information content (AvgIpc) is 2.92. The number of piperidine rings is 1. The Kier molecular flexibility index (Phi) is 8.41. The normalized spacial score (nSPS) is 15.3. The molecular formula is C19H29Cl2N3O2. The van der Waals surface area contributed by atoms with Crippen molar-refractivity contribution in [1.29, 1.82) is 0 Å². The van der Waals surface area contributed by atoms with Crippen molar-refractivity contribution in [3.63, 3.8) is 0 Å². The second-order valence-corrected chi connectivity index (χ2v) is 6.77. The molecule has 3 rings (SSSR count). The van der Waals surface area contributed by atoms with E-state index in [-0.39, 0.29) is 24.8 Å². The summed E-state index contributed by atoms with van der Waals surface area (Å²) in [5.74, 6) is 2.48. The highest BCUT2D eigenvalue weighted by atomic mass is 35.5. The number of oxazole rings is 1. The number of rotatable bonds is 4. The minimum absolute atomic E-state index is 0. The summed E-state index contributed by atoms with van der Waals surface area (Å²) >= 11 is 0. The van der Waals surface area contributed by atoms with E-state index in [1.807, 2.05) is 19.9 Å². The molecular weight excluding hydrogens is 373 g/mol. The lowest BCUT2D eigenvalue weighted by molar-refractivity contribution is 0.203. The zero-order valence-corrected chi connectivity index (χ0v) is 17.5. The van der Waals surface area contributed by atoms with Crippen molar-refractivity contribution in [1.82, 2.24) is 9.88 Å². The van der Waals surface area contributed by atoms with Gasteiger partial charge < -0.3 is 14.9 Å². The molecule has 0 unspecified atom stereocenters. The molecule has 0 radical (unpaired) electrons. The van der Waals surface area contributed by atoms with Gasteiger partial charge in [0.25, 0.3) is 0 Å². The molecule has 1 fully saturated rings. The first kappa shape index (κ1) is 22.8. The number of ether oxygens (including phenoxy) is 1. The molecule has 7 heteroatoms. The van der Waals surface area contributed by atoms with E-state index in [0.29, 0.717) is 11.9 Å². The molecule has 1 saturated heterocycles. The van der Waals surface area contributed by atoms with Crippen LogP contribution in [0.4, 0.5) is 0 Å². The number of hydrogen-bond donors (Lipinski definition) is 1. The molecule has 0 bridgehead atoms. The summed E-state index contributed by atoms with van der Waals surface area (Å²) in [5.41, 5.74) is 10.2. The van der Waals surface area contributed by atoms with Crippen LogP contribution in [0.25, 0.3) is 11.5 Å². The van der Waals surface area contributed by atoms with Crippen LogP contribution >= 0.6 is 24.8 Å². The van der Waals surface area contributed by atoms with E-state index in [4.69, 9.17) is 19.9 Å². The minimum atomic E-state index is 0. The Morgan fingerprint density at radius 1 is 1.15 bits per heavy atom. The zero-order valence-electron chi connectivity index (χ0n) is 15.9. The van der Waals surface area contributed by atoms with Gasteiger partial charge in [0.1, 0.15) is 11.5 Å². The molecule has 1 aromatic heterocycles. The van der Waals surface area contributed by atoms with Gasteiger partial charge in [-0.1, -0.05) is 0 Å². The summed E-state index contributed by atoms with van der Waals surface area (Å²) < 4.78 is 11.4. The van der Waals surface area contributed by atoms with Crippen LogP contribution in [0.5, 0.6) is 5.75 Å². The molecule has 0 saturated carbocycles. The highest BCUT2D eigenvalue weighted by Crippen LogP contribution is 2.31. The van der Waals surface area contributed by atoms with Gasteiger partial charge in [-0.3, -0.25) is 4.90 Å². The van der Waals surface area contributed by atoms with E-state index in [9.17, 15) is 0 Å². The quantitative estimate of drug-likeness (QED) is 0.836. The molecule has 5 nitrogen and oxygen atoms in total. The van der Waals surface area contributed by atoms with Gasteiger partial charge in [-0.2, -0.15) is 0 Å². The molecule has 0 amide bonds. The maximum atomic E-state index is 5.98. The number of nitrogens with two attached hydrogens (primary N) is 1. The molecule has 0 spiro atoms. The largest absolute Gasteiger partial charge is 0.496 e. The van der Waals surface area contributed by atoms with Crippen molar-refractivity contribution >= 4 is 24.8 Å². The van der Waals surface area contributed by atoms with Crippen LogP contribution < -0.4 is 10.5 Å². The lowest BCUT2D eigenvalue weighted by Gasteiger charge is -2.29. The van der Waals surface area contributed by atoms with Crippen LogP contribution in [0.3, 0.4) is 0 Å². The minimum Gasteiger partial charge on any atom is -0.496 e. The third kappa shape index (κ3) is 4.92. The lowest BCUT2D eigenvalue weighted by Crippen LogP contribution is -2.39. The fourth-order valence-corrected chi connectivity index (χ4v) is 3.25. The van der Waals surface area contributed by atoms with Gasteiger partial charge in [-0.15, -0.1) is 24.8 Å². The Balaban J connectivity index is 0.00000169. The number of halogens is 2. The van der Waals surface area contributed by atoms with Crippen molar-refractivity contribution in [2.75, 3.05) is 20.2 Å². The topological polar surface area (TPSA) is 64.5 Å². The van der Waals surface area contributed by atoms with Crippen molar-refractivity contribution in [2.45, 2.75) is 46.2 Å². The predicted molar refractivity (Wildman–Crippen MR) is 110 cm³/mol. The summed E-state index contributed by atoms with van der Waals surface area (Å²) in [5, 5.41) is 0. The average molecular weight is 402 g/mol. The van der Waals surface area contributed by atoms with Crippen LogP contribution in [0.1, 0.15) is 35.4 Å². The van der Waals surface area contributed by atoms with E-state index in [2.05, 4.69) is 17.9 Å². The first-order valence-electron chi connectivity index (χ1n) is 8.57. The molecule has 1 aliphatic rings. The summed E-state index contributed by atoms with van der Waals surface area (Å²) in [6, 6.07) is 4.47. The third-order valence-electron chi connectivity index (χ3n) is 4.87. The maximum absolute atomic E-state index is 5.98. The Hall–Kier alpha value is -1.27. The summed E-state index contributed by atoms with van der Waals surface area (Å²) in [4.78, 5) is 7.18. The van der Waals surface area contributed by atoms with E-state index < -0.39 is 0 Å². The first-order valence-corrected chi connectivity index (χ1v) is 8.57. The van der Waals surface area contributed by atoms with Gasteiger partial charge in [0, 0.05) is 31.2 Å². The van der Waals surface area contributed by atoms with Crippen LogP contribution in [0, 0.1) is 20.8 Å². The summed E-state index contributed by atoms with van der Waals surface area (Å²) in [6.07, 6.45) is 2.11. The maximum Gasteiger partial charge on any atom is 0.226 e. The number of nitrogens with zero attached hydrogens (tertiary/aromatic N) is 2. The number of benzene rings is 1. The van der Waals surface area contributed by atoms with E-state index in [0.717, 1.165) is 66.4 Å². The SMILES string of the molecule is COc1cc(C)c(-c2nc(CN3CCC(N)CC3)c(C)o2)cc1C.Cl.Cl. The van der Waals surface area contributed by atoms with Crippen molar-refractivity contribution < 1.29 is 9.15 Å². The van der Waals surface area contributed by atoms with Crippen LogP contribution in [-0.4, -0.2) is 36.1 Å². The van der Waals surface area contributed by atoms with E-state index in [1.165, 1.54) is 0 Å². The van der Waals surface area contributed by atoms with Gasteiger partial charge in [0.2, 0.25) is 5.89 Å². The van der Waals surface area contributed by atoms with Crippen LogP contribution in [0.2, 0.25) is 0 Å². The summed E-state index contributed by atoms with van der Waals surface area (Å²) in [7, 11) is 1.69. The zero-order chi connectivity index (χ0) is 17.3. The summed E-state index contributed by atoms with van der Waals surface area (Å²) in [6.45, 7) is 8.98. The molecule has 146 valence electrons. The molecule has 26 heavy (non-hydrogen) atoms. The molecule has 1 aliphatic heterocycles.